The Hall–Kier alpha value is -1.69. The molecule has 2 saturated heterocycles. The summed E-state index contributed by atoms with van der Waals surface area (Å²) in [4.78, 5) is 25.7. The van der Waals surface area contributed by atoms with Crippen LogP contribution in [0.3, 0.4) is 0 Å². The fourth-order valence-electron chi connectivity index (χ4n) is 4.03. The van der Waals surface area contributed by atoms with Crippen LogP contribution in [0.5, 0.6) is 0 Å². The zero-order valence-corrected chi connectivity index (χ0v) is 14.1. The van der Waals surface area contributed by atoms with Crippen LogP contribution in [-0.2, 0) is 9.53 Å². The lowest BCUT2D eigenvalue weighted by Gasteiger charge is -2.40. The number of aromatic nitrogens is 2. The first-order valence-electron chi connectivity index (χ1n) is 9.24. The van der Waals surface area contributed by atoms with Crippen LogP contribution in [0.15, 0.2) is 18.6 Å². The highest BCUT2D eigenvalue weighted by atomic mass is 16.5. The highest BCUT2D eigenvalue weighted by molar-refractivity contribution is 5.79. The van der Waals surface area contributed by atoms with Crippen LogP contribution in [0.4, 0.5) is 5.82 Å². The number of ether oxygens (including phenoxy) is 1. The maximum atomic E-state index is 12.7. The number of carbonyl (C=O) groups excluding carboxylic acids is 1. The van der Waals surface area contributed by atoms with E-state index < -0.39 is 0 Å². The minimum absolute atomic E-state index is 0.177. The van der Waals surface area contributed by atoms with Crippen molar-refractivity contribution in [3.05, 3.63) is 18.6 Å². The Morgan fingerprint density at radius 3 is 2.42 bits per heavy atom. The lowest BCUT2D eigenvalue weighted by molar-refractivity contribution is -0.139. The summed E-state index contributed by atoms with van der Waals surface area (Å²) >= 11 is 0. The molecule has 0 radical (unpaired) electrons. The molecule has 3 heterocycles. The average molecular weight is 330 g/mol. The molecule has 0 N–H and O–H groups in total. The Labute approximate surface area is 143 Å². The number of likely N-dealkylation sites (tertiary alicyclic amines) is 1. The van der Waals surface area contributed by atoms with Gasteiger partial charge < -0.3 is 14.5 Å². The van der Waals surface area contributed by atoms with Crippen molar-refractivity contribution in [2.45, 2.75) is 50.6 Å². The highest BCUT2D eigenvalue weighted by Gasteiger charge is 2.37. The van der Waals surface area contributed by atoms with Crippen molar-refractivity contribution in [2.24, 2.45) is 5.92 Å². The van der Waals surface area contributed by atoms with Crippen LogP contribution in [-0.4, -0.2) is 59.2 Å². The van der Waals surface area contributed by atoms with E-state index in [2.05, 4.69) is 19.8 Å². The minimum Gasteiger partial charge on any atom is -0.381 e. The molecular weight excluding hydrogens is 304 g/mol. The Morgan fingerprint density at radius 1 is 1.08 bits per heavy atom. The van der Waals surface area contributed by atoms with Gasteiger partial charge in [0.15, 0.2) is 0 Å². The molecule has 0 unspecified atom stereocenters. The van der Waals surface area contributed by atoms with E-state index in [4.69, 9.17) is 4.74 Å². The maximum absolute atomic E-state index is 12.7. The molecule has 1 amide bonds. The van der Waals surface area contributed by atoms with Gasteiger partial charge in [0.05, 0.1) is 0 Å². The van der Waals surface area contributed by atoms with E-state index >= 15 is 0 Å². The predicted octanol–water partition coefficient (Wildman–Crippen LogP) is 1.86. The van der Waals surface area contributed by atoms with E-state index in [9.17, 15) is 4.79 Å². The van der Waals surface area contributed by atoms with E-state index in [1.54, 1.807) is 6.33 Å². The molecule has 6 nitrogen and oxygen atoms in total. The summed E-state index contributed by atoms with van der Waals surface area (Å²) in [7, 11) is 0. The fraction of sp³-hybridized carbons (Fsp3) is 0.722. The quantitative estimate of drug-likeness (QED) is 0.843. The molecule has 1 aliphatic carbocycles. The molecule has 0 spiro atoms. The normalized spacial score (nSPS) is 23.2. The maximum Gasteiger partial charge on any atom is 0.225 e. The van der Waals surface area contributed by atoms with E-state index in [1.165, 1.54) is 12.8 Å². The van der Waals surface area contributed by atoms with Crippen molar-refractivity contribution in [3.8, 4) is 0 Å². The minimum atomic E-state index is 0.177. The average Bonchev–Trinajstić information content (AvgIpc) is 3.49. The van der Waals surface area contributed by atoms with Gasteiger partial charge in [0.25, 0.3) is 0 Å². The number of piperidine rings is 1. The molecule has 2 aliphatic heterocycles. The molecule has 1 saturated carbocycles. The summed E-state index contributed by atoms with van der Waals surface area (Å²) in [6.07, 6.45) is 9.80. The summed E-state index contributed by atoms with van der Waals surface area (Å²) < 4.78 is 5.38. The Morgan fingerprint density at radius 2 is 1.79 bits per heavy atom. The molecule has 1 aromatic rings. The van der Waals surface area contributed by atoms with Gasteiger partial charge in [-0.3, -0.25) is 4.79 Å². The van der Waals surface area contributed by atoms with Crippen LogP contribution in [0.25, 0.3) is 0 Å². The zero-order chi connectivity index (χ0) is 16.4. The van der Waals surface area contributed by atoms with E-state index in [0.717, 1.165) is 57.8 Å². The van der Waals surface area contributed by atoms with Crippen molar-refractivity contribution >= 4 is 11.7 Å². The van der Waals surface area contributed by atoms with E-state index in [-0.39, 0.29) is 5.92 Å². The third kappa shape index (κ3) is 3.38. The van der Waals surface area contributed by atoms with Crippen molar-refractivity contribution in [2.75, 3.05) is 31.2 Å². The van der Waals surface area contributed by atoms with Gasteiger partial charge in [-0.15, -0.1) is 0 Å². The molecule has 6 heteroatoms. The Kier molecular flexibility index (Phi) is 4.65. The molecular formula is C18H26N4O2. The number of amides is 1. The number of hydrogen-bond donors (Lipinski definition) is 0. The second kappa shape index (κ2) is 7.05. The van der Waals surface area contributed by atoms with Crippen molar-refractivity contribution in [1.82, 2.24) is 14.9 Å². The van der Waals surface area contributed by atoms with Gasteiger partial charge in [-0.25, -0.2) is 9.97 Å². The predicted molar refractivity (Wildman–Crippen MR) is 90.7 cm³/mol. The van der Waals surface area contributed by atoms with Gasteiger partial charge >= 0.3 is 0 Å². The van der Waals surface area contributed by atoms with Gasteiger partial charge in [0, 0.05) is 50.5 Å². The smallest absolute Gasteiger partial charge is 0.225 e. The Bertz CT molecular complexity index is 549. The summed E-state index contributed by atoms with van der Waals surface area (Å²) in [5.41, 5.74) is 0. The number of carbonyl (C=O) groups is 1. The lowest BCUT2D eigenvalue weighted by Crippen LogP contribution is -2.49. The third-order valence-electron chi connectivity index (χ3n) is 5.51. The lowest BCUT2D eigenvalue weighted by atomic mass is 9.96. The molecule has 4 rings (SSSR count). The number of rotatable bonds is 4. The molecule has 0 aromatic carbocycles. The van der Waals surface area contributed by atoms with E-state index in [1.807, 2.05) is 12.3 Å². The number of anilines is 1. The van der Waals surface area contributed by atoms with Crippen molar-refractivity contribution in [1.29, 1.82) is 0 Å². The van der Waals surface area contributed by atoms with Gasteiger partial charge in [-0.2, -0.15) is 0 Å². The summed E-state index contributed by atoms with van der Waals surface area (Å²) in [5.74, 6) is 1.56. The standard InChI is InChI=1S/C18H26N4O2/c23-18(14-6-11-24-12-7-14)21-9-4-16(5-10-21)22(15-1-2-15)17-3-8-19-13-20-17/h3,8,13-16H,1-2,4-7,9-12H2. The summed E-state index contributed by atoms with van der Waals surface area (Å²) in [6.45, 7) is 3.20. The van der Waals surface area contributed by atoms with Gasteiger partial charge in [0.2, 0.25) is 5.91 Å². The van der Waals surface area contributed by atoms with Gasteiger partial charge in [0.1, 0.15) is 12.1 Å². The first-order chi connectivity index (χ1) is 11.8. The van der Waals surface area contributed by atoms with Crippen LogP contribution >= 0.6 is 0 Å². The molecule has 1 aromatic heterocycles. The second-order valence-corrected chi connectivity index (χ2v) is 7.15. The Balaban J connectivity index is 1.37. The first kappa shape index (κ1) is 15.8. The molecule has 3 fully saturated rings. The van der Waals surface area contributed by atoms with E-state index in [0.29, 0.717) is 18.0 Å². The van der Waals surface area contributed by atoms with Crippen LogP contribution in [0.1, 0.15) is 38.5 Å². The fourth-order valence-corrected chi connectivity index (χ4v) is 4.03. The first-order valence-corrected chi connectivity index (χ1v) is 9.24. The summed E-state index contributed by atoms with van der Waals surface area (Å²) in [6, 6.07) is 3.13. The monoisotopic (exact) mass is 330 g/mol. The van der Waals surface area contributed by atoms with Gasteiger partial charge in [-0.05, 0) is 44.6 Å². The van der Waals surface area contributed by atoms with Crippen LogP contribution in [0.2, 0.25) is 0 Å². The topological polar surface area (TPSA) is 58.6 Å². The highest BCUT2D eigenvalue weighted by Crippen LogP contribution is 2.35. The molecule has 0 atom stereocenters. The van der Waals surface area contributed by atoms with Crippen LogP contribution in [0, 0.1) is 5.92 Å². The van der Waals surface area contributed by atoms with Gasteiger partial charge in [-0.1, -0.05) is 0 Å². The largest absolute Gasteiger partial charge is 0.381 e. The second-order valence-electron chi connectivity index (χ2n) is 7.15. The molecule has 3 aliphatic rings. The summed E-state index contributed by atoms with van der Waals surface area (Å²) in [5, 5.41) is 0. The molecule has 0 bridgehead atoms. The molecule has 24 heavy (non-hydrogen) atoms. The third-order valence-corrected chi connectivity index (χ3v) is 5.51. The molecule has 130 valence electrons. The SMILES string of the molecule is O=C(C1CCOCC1)N1CCC(N(c2ccncn2)C2CC2)CC1. The van der Waals surface area contributed by atoms with Crippen molar-refractivity contribution in [3.63, 3.8) is 0 Å². The van der Waals surface area contributed by atoms with Crippen molar-refractivity contribution < 1.29 is 9.53 Å². The van der Waals surface area contributed by atoms with Crippen LogP contribution < -0.4 is 4.90 Å². The number of nitrogens with zero attached hydrogens (tertiary/aromatic N) is 4. The number of hydrogen-bond acceptors (Lipinski definition) is 5. The zero-order valence-electron chi connectivity index (χ0n) is 14.1.